The summed E-state index contributed by atoms with van der Waals surface area (Å²) in [6.45, 7) is 2.54. The molecule has 0 saturated heterocycles. The first-order valence-corrected chi connectivity index (χ1v) is 11.0. The summed E-state index contributed by atoms with van der Waals surface area (Å²) in [6.07, 6.45) is 5.35. The van der Waals surface area contributed by atoms with E-state index in [0.29, 0.717) is 22.8 Å². The minimum Gasteiger partial charge on any atom is -0.497 e. The molecule has 3 heterocycles. The molecule has 0 fully saturated rings. The molecule has 0 amide bonds. The van der Waals surface area contributed by atoms with Crippen LogP contribution in [-0.4, -0.2) is 26.9 Å². The smallest absolute Gasteiger partial charge is 0.134 e. The van der Waals surface area contributed by atoms with Gasteiger partial charge in [0, 0.05) is 28.7 Å². The molecule has 0 atom stereocenters. The van der Waals surface area contributed by atoms with Crippen molar-refractivity contribution in [1.29, 1.82) is 0 Å². The predicted molar refractivity (Wildman–Crippen MR) is 132 cm³/mol. The SMILES string of the molecule is COc1ccc(Cn2cc3nccc(Nc4cc(-c5cc(Cl)ccc5F)ncc4C)c3n2)cc1. The highest BCUT2D eigenvalue weighted by Gasteiger charge is 2.13. The number of aromatic nitrogens is 4. The normalized spacial score (nSPS) is 11.1. The molecule has 0 spiro atoms. The zero-order valence-electron chi connectivity index (χ0n) is 18.6. The third kappa shape index (κ3) is 4.43. The molecule has 0 aliphatic rings. The van der Waals surface area contributed by atoms with Crippen LogP contribution in [0, 0.1) is 12.7 Å². The number of pyridine rings is 2. The van der Waals surface area contributed by atoms with E-state index >= 15 is 0 Å². The quantitative estimate of drug-likeness (QED) is 0.309. The second kappa shape index (κ2) is 9.11. The number of aryl methyl sites for hydroxylation is 1. The molecule has 1 N–H and O–H groups in total. The van der Waals surface area contributed by atoms with E-state index in [9.17, 15) is 4.39 Å². The molecule has 2 aromatic carbocycles. The topological polar surface area (TPSA) is 64.9 Å². The Labute approximate surface area is 201 Å². The van der Waals surface area contributed by atoms with Gasteiger partial charge in [0.05, 0.1) is 31.2 Å². The number of fused-ring (bicyclic) bond motifs is 1. The summed E-state index contributed by atoms with van der Waals surface area (Å²) in [6, 6.07) is 16.0. The Balaban J connectivity index is 1.46. The lowest BCUT2D eigenvalue weighted by Gasteiger charge is -2.12. The van der Waals surface area contributed by atoms with E-state index in [0.717, 1.165) is 39.3 Å². The molecule has 0 bridgehead atoms. The minimum atomic E-state index is -0.379. The molecule has 6 nitrogen and oxygen atoms in total. The van der Waals surface area contributed by atoms with Crippen LogP contribution < -0.4 is 10.1 Å². The number of ether oxygens (including phenoxy) is 1. The zero-order valence-corrected chi connectivity index (χ0v) is 19.3. The summed E-state index contributed by atoms with van der Waals surface area (Å²) in [5, 5.41) is 8.62. The van der Waals surface area contributed by atoms with Gasteiger partial charge < -0.3 is 10.1 Å². The van der Waals surface area contributed by atoms with Crippen molar-refractivity contribution in [2.24, 2.45) is 0 Å². The summed E-state index contributed by atoms with van der Waals surface area (Å²) in [7, 11) is 1.65. The van der Waals surface area contributed by atoms with Crippen molar-refractivity contribution in [2.45, 2.75) is 13.5 Å². The fourth-order valence-corrected chi connectivity index (χ4v) is 3.88. The van der Waals surface area contributed by atoms with Gasteiger partial charge in [-0.15, -0.1) is 0 Å². The van der Waals surface area contributed by atoms with Crippen LogP contribution in [0.3, 0.4) is 0 Å². The predicted octanol–water partition coefficient (Wildman–Crippen LogP) is 6.39. The minimum absolute atomic E-state index is 0.346. The third-order valence-electron chi connectivity index (χ3n) is 5.53. The largest absolute Gasteiger partial charge is 0.497 e. The van der Waals surface area contributed by atoms with Crippen molar-refractivity contribution in [3.63, 3.8) is 0 Å². The first kappa shape index (κ1) is 21.9. The molecular formula is C26H21ClFN5O. The number of rotatable bonds is 6. The molecule has 0 saturated carbocycles. The Bertz CT molecular complexity index is 1480. The Morgan fingerprint density at radius 1 is 1.03 bits per heavy atom. The molecule has 170 valence electrons. The van der Waals surface area contributed by atoms with E-state index in [2.05, 4.69) is 15.3 Å². The van der Waals surface area contributed by atoms with Crippen LogP contribution >= 0.6 is 11.6 Å². The highest BCUT2D eigenvalue weighted by atomic mass is 35.5. The van der Waals surface area contributed by atoms with Gasteiger partial charge in [0.25, 0.3) is 0 Å². The van der Waals surface area contributed by atoms with Gasteiger partial charge in [-0.1, -0.05) is 23.7 Å². The molecule has 0 radical (unpaired) electrons. The van der Waals surface area contributed by atoms with Gasteiger partial charge in [0.1, 0.15) is 22.6 Å². The fraction of sp³-hybridized carbons (Fsp3) is 0.115. The van der Waals surface area contributed by atoms with Gasteiger partial charge in [0.15, 0.2) is 0 Å². The van der Waals surface area contributed by atoms with Crippen LogP contribution in [0.4, 0.5) is 15.8 Å². The van der Waals surface area contributed by atoms with Crippen LogP contribution in [0.5, 0.6) is 5.75 Å². The lowest BCUT2D eigenvalue weighted by molar-refractivity contribution is 0.414. The average Bonchev–Trinajstić information content (AvgIpc) is 3.26. The van der Waals surface area contributed by atoms with Gasteiger partial charge in [-0.2, -0.15) is 5.10 Å². The zero-order chi connectivity index (χ0) is 23.7. The standard InChI is InChI=1S/C26H21ClFN5O/c1-16-13-30-24(20-11-18(27)5-8-21(20)28)12-23(16)31-22-9-10-29-25-15-33(32-26(22)25)14-17-3-6-19(34-2)7-4-17/h3-13,15H,14H2,1-2H3,(H,30,31). The van der Waals surface area contributed by atoms with Gasteiger partial charge >= 0.3 is 0 Å². The van der Waals surface area contributed by atoms with Crippen molar-refractivity contribution >= 4 is 34.0 Å². The van der Waals surface area contributed by atoms with E-state index in [4.69, 9.17) is 21.4 Å². The lowest BCUT2D eigenvalue weighted by atomic mass is 10.1. The molecule has 0 aliphatic heterocycles. The van der Waals surface area contributed by atoms with Gasteiger partial charge in [0.2, 0.25) is 0 Å². The number of nitrogens with zero attached hydrogens (tertiary/aromatic N) is 4. The molecular weight excluding hydrogens is 453 g/mol. The Kier molecular flexibility index (Phi) is 5.86. The number of halogens is 2. The van der Waals surface area contributed by atoms with Crippen LogP contribution in [0.1, 0.15) is 11.1 Å². The first-order chi connectivity index (χ1) is 16.5. The Morgan fingerprint density at radius 3 is 2.65 bits per heavy atom. The highest BCUT2D eigenvalue weighted by Crippen LogP contribution is 2.31. The summed E-state index contributed by atoms with van der Waals surface area (Å²) in [5.74, 6) is 0.433. The van der Waals surface area contributed by atoms with Crippen molar-refractivity contribution in [2.75, 3.05) is 12.4 Å². The average molecular weight is 474 g/mol. The van der Waals surface area contributed by atoms with E-state index in [1.165, 1.54) is 12.1 Å². The van der Waals surface area contributed by atoms with Crippen LogP contribution in [0.15, 0.2) is 73.2 Å². The number of benzene rings is 2. The van der Waals surface area contributed by atoms with Crippen LogP contribution in [0.2, 0.25) is 5.02 Å². The first-order valence-electron chi connectivity index (χ1n) is 10.6. The molecule has 34 heavy (non-hydrogen) atoms. The second-order valence-electron chi connectivity index (χ2n) is 7.90. The summed E-state index contributed by atoms with van der Waals surface area (Å²) in [4.78, 5) is 8.86. The van der Waals surface area contributed by atoms with E-state index in [-0.39, 0.29) is 5.82 Å². The van der Waals surface area contributed by atoms with Gasteiger partial charge in [-0.3, -0.25) is 14.6 Å². The van der Waals surface area contributed by atoms with Crippen LogP contribution in [0.25, 0.3) is 22.3 Å². The number of nitrogens with one attached hydrogen (secondary N) is 1. The third-order valence-corrected chi connectivity index (χ3v) is 5.77. The maximum atomic E-state index is 14.4. The summed E-state index contributed by atoms with van der Waals surface area (Å²) >= 11 is 6.07. The second-order valence-corrected chi connectivity index (χ2v) is 8.34. The maximum Gasteiger partial charge on any atom is 0.134 e. The molecule has 0 unspecified atom stereocenters. The van der Waals surface area contributed by atoms with Crippen LogP contribution in [-0.2, 0) is 6.54 Å². The summed E-state index contributed by atoms with van der Waals surface area (Å²) < 4.78 is 21.5. The van der Waals surface area contributed by atoms with E-state index in [1.807, 2.05) is 54.2 Å². The van der Waals surface area contributed by atoms with Crippen molar-refractivity contribution in [1.82, 2.24) is 19.7 Å². The molecule has 0 aliphatic carbocycles. The van der Waals surface area contributed by atoms with Crippen molar-refractivity contribution in [3.8, 4) is 17.0 Å². The molecule has 3 aromatic heterocycles. The maximum absolute atomic E-state index is 14.4. The Hall–Kier alpha value is -3.97. The van der Waals surface area contributed by atoms with E-state index < -0.39 is 0 Å². The number of hydrogen-bond acceptors (Lipinski definition) is 5. The van der Waals surface area contributed by atoms with Crippen molar-refractivity contribution in [3.05, 3.63) is 95.2 Å². The van der Waals surface area contributed by atoms with E-state index in [1.54, 1.807) is 25.6 Å². The molecule has 5 aromatic rings. The molecule has 8 heteroatoms. The highest BCUT2D eigenvalue weighted by molar-refractivity contribution is 6.30. The lowest BCUT2D eigenvalue weighted by Crippen LogP contribution is -2.01. The fourth-order valence-electron chi connectivity index (χ4n) is 3.71. The number of methoxy groups -OCH3 is 1. The monoisotopic (exact) mass is 473 g/mol. The van der Waals surface area contributed by atoms with Gasteiger partial charge in [-0.25, -0.2) is 4.39 Å². The number of anilines is 2. The molecule has 5 rings (SSSR count). The van der Waals surface area contributed by atoms with Gasteiger partial charge in [-0.05, 0) is 60.5 Å². The summed E-state index contributed by atoms with van der Waals surface area (Å²) in [5.41, 5.74) is 5.94. The number of hydrogen-bond donors (Lipinski definition) is 1. The Morgan fingerprint density at radius 2 is 1.85 bits per heavy atom. The van der Waals surface area contributed by atoms with Crippen molar-refractivity contribution < 1.29 is 9.13 Å².